The summed E-state index contributed by atoms with van der Waals surface area (Å²) in [5, 5.41) is 7.77. The van der Waals surface area contributed by atoms with Crippen LogP contribution in [0.1, 0.15) is 15.9 Å². The van der Waals surface area contributed by atoms with Gasteiger partial charge in [0.15, 0.2) is 0 Å². The predicted molar refractivity (Wildman–Crippen MR) is 75.7 cm³/mol. The van der Waals surface area contributed by atoms with Crippen molar-refractivity contribution in [3.63, 3.8) is 0 Å². The Labute approximate surface area is 121 Å². The molecule has 0 spiro atoms. The summed E-state index contributed by atoms with van der Waals surface area (Å²) >= 11 is 11.7. The van der Waals surface area contributed by atoms with Crippen molar-refractivity contribution >= 4 is 29.1 Å². The van der Waals surface area contributed by atoms with E-state index in [0.29, 0.717) is 22.3 Å². The van der Waals surface area contributed by atoms with Gasteiger partial charge >= 0.3 is 0 Å². The number of amides is 1. The third-order valence-electron chi connectivity index (χ3n) is 2.72. The van der Waals surface area contributed by atoms with Gasteiger partial charge in [0.05, 0.1) is 11.8 Å². The second-order valence-electron chi connectivity index (χ2n) is 4.11. The molecule has 0 fully saturated rings. The molecule has 0 atom stereocenters. The summed E-state index contributed by atoms with van der Waals surface area (Å²) in [5.41, 5.74) is 1.50. The van der Waals surface area contributed by atoms with E-state index in [-0.39, 0.29) is 5.91 Å². The number of rotatable bonds is 4. The number of hydrogen-bond donors (Lipinski definition) is 1. The van der Waals surface area contributed by atoms with Crippen molar-refractivity contribution in [1.82, 2.24) is 15.1 Å². The minimum absolute atomic E-state index is 0.216. The van der Waals surface area contributed by atoms with Gasteiger partial charge in [-0.1, -0.05) is 35.3 Å². The first kappa shape index (κ1) is 13.9. The molecular weight excluding hydrogens is 285 g/mol. The van der Waals surface area contributed by atoms with Crippen LogP contribution < -0.4 is 5.32 Å². The third kappa shape index (κ3) is 3.49. The largest absolute Gasteiger partial charge is 0.352 e. The Morgan fingerprint density at radius 1 is 1.32 bits per heavy atom. The molecule has 0 aliphatic heterocycles. The van der Waals surface area contributed by atoms with Gasteiger partial charge in [0.25, 0.3) is 5.91 Å². The van der Waals surface area contributed by atoms with Crippen molar-refractivity contribution in [2.24, 2.45) is 7.05 Å². The van der Waals surface area contributed by atoms with Gasteiger partial charge in [-0.3, -0.25) is 9.48 Å². The maximum absolute atomic E-state index is 11.9. The number of hydrogen-bond acceptors (Lipinski definition) is 2. The van der Waals surface area contributed by atoms with E-state index in [0.717, 1.165) is 12.0 Å². The number of carbonyl (C=O) groups excluding carboxylic acids is 1. The van der Waals surface area contributed by atoms with Gasteiger partial charge < -0.3 is 5.32 Å². The van der Waals surface area contributed by atoms with Crippen LogP contribution in [0.25, 0.3) is 0 Å². The predicted octanol–water partition coefficient (Wildman–Crippen LogP) is 2.70. The van der Waals surface area contributed by atoms with Crippen LogP contribution in [0.5, 0.6) is 0 Å². The average molecular weight is 298 g/mol. The van der Waals surface area contributed by atoms with Gasteiger partial charge in [0.2, 0.25) is 0 Å². The molecule has 1 aromatic carbocycles. The Balaban J connectivity index is 1.87. The Kier molecular flexibility index (Phi) is 4.45. The van der Waals surface area contributed by atoms with Gasteiger partial charge in [-0.2, -0.15) is 5.10 Å². The van der Waals surface area contributed by atoms with E-state index < -0.39 is 0 Å². The van der Waals surface area contributed by atoms with E-state index >= 15 is 0 Å². The van der Waals surface area contributed by atoms with Crippen molar-refractivity contribution in [2.75, 3.05) is 6.54 Å². The molecule has 1 heterocycles. The second kappa shape index (κ2) is 6.08. The van der Waals surface area contributed by atoms with Gasteiger partial charge in [-0.05, 0) is 24.1 Å². The number of aromatic nitrogens is 2. The summed E-state index contributed by atoms with van der Waals surface area (Å²) in [4.78, 5) is 11.9. The number of nitrogens with zero attached hydrogens (tertiary/aromatic N) is 2. The van der Waals surface area contributed by atoms with Crippen molar-refractivity contribution < 1.29 is 4.79 Å². The SMILES string of the molecule is Cn1ncc(C(=O)NCCc2ccc(Cl)cc2)c1Cl. The summed E-state index contributed by atoms with van der Waals surface area (Å²) in [6.07, 6.45) is 2.20. The second-order valence-corrected chi connectivity index (χ2v) is 4.90. The molecule has 1 aromatic heterocycles. The highest BCUT2D eigenvalue weighted by Crippen LogP contribution is 2.13. The number of halogens is 2. The molecule has 100 valence electrons. The van der Waals surface area contributed by atoms with E-state index in [4.69, 9.17) is 23.2 Å². The number of benzene rings is 1. The van der Waals surface area contributed by atoms with E-state index in [1.165, 1.54) is 10.9 Å². The summed E-state index contributed by atoms with van der Waals surface area (Å²) in [7, 11) is 1.69. The van der Waals surface area contributed by atoms with Crippen molar-refractivity contribution in [3.05, 3.63) is 51.8 Å². The monoisotopic (exact) mass is 297 g/mol. The lowest BCUT2D eigenvalue weighted by Crippen LogP contribution is -2.25. The van der Waals surface area contributed by atoms with E-state index in [9.17, 15) is 4.79 Å². The lowest BCUT2D eigenvalue weighted by atomic mass is 10.1. The smallest absolute Gasteiger partial charge is 0.256 e. The van der Waals surface area contributed by atoms with Crippen LogP contribution >= 0.6 is 23.2 Å². The molecule has 2 aromatic rings. The topological polar surface area (TPSA) is 46.9 Å². The lowest BCUT2D eigenvalue weighted by Gasteiger charge is -2.04. The van der Waals surface area contributed by atoms with Gasteiger partial charge in [-0.25, -0.2) is 0 Å². The minimum Gasteiger partial charge on any atom is -0.352 e. The molecule has 0 aliphatic carbocycles. The Hall–Kier alpha value is -1.52. The summed E-state index contributed by atoms with van der Waals surface area (Å²) < 4.78 is 1.45. The minimum atomic E-state index is -0.216. The lowest BCUT2D eigenvalue weighted by molar-refractivity contribution is 0.0954. The first-order valence-electron chi connectivity index (χ1n) is 5.78. The van der Waals surface area contributed by atoms with Gasteiger partial charge in [0, 0.05) is 18.6 Å². The first-order valence-corrected chi connectivity index (χ1v) is 6.53. The molecule has 4 nitrogen and oxygen atoms in total. The first-order chi connectivity index (χ1) is 9.08. The highest BCUT2D eigenvalue weighted by molar-refractivity contribution is 6.32. The summed E-state index contributed by atoms with van der Waals surface area (Å²) in [6, 6.07) is 7.53. The summed E-state index contributed by atoms with van der Waals surface area (Å²) in [6.45, 7) is 0.533. The van der Waals surface area contributed by atoms with Crippen LogP contribution in [-0.4, -0.2) is 22.2 Å². The van der Waals surface area contributed by atoms with Crippen molar-refractivity contribution in [2.45, 2.75) is 6.42 Å². The van der Waals surface area contributed by atoms with E-state index in [2.05, 4.69) is 10.4 Å². The molecule has 1 N–H and O–H groups in total. The molecule has 1 amide bonds. The molecule has 0 bridgehead atoms. The number of carbonyl (C=O) groups is 1. The molecule has 2 rings (SSSR count). The molecule has 0 saturated heterocycles. The fourth-order valence-corrected chi connectivity index (χ4v) is 1.95. The zero-order valence-electron chi connectivity index (χ0n) is 10.4. The standard InChI is InChI=1S/C13H13Cl2N3O/c1-18-12(15)11(8-17-18)13(19)16-7-6-9-2-4-10(14)5-3-9/h2-5,8H,6-7H2,1H3,(H,16,19). The highest BCUT2D eigenvalue weighted by Gasteiger charge is 2.13. The fraction of sp³-hybridized carbons (Fsp3) is 0.231. The molecular formula is C13H13Cl2N3O. The molecule has 6 heteroatoms. The zero-order chi connectivity index (χ0) is 13.8. The van der Waals surface area contributed by atoms with E-state index in [1.54, 1.807) is 7.05 Å². The third-order valence-corrected chi connectivity index (χ3v) is 3.42. The maximum Gasteiger partial charge on any atom is 0.256 e. The zero-order valence-corrected chi connectivity index (χ0v) is 11.9. The Morgan fingerprint density at radius 2 is 2.00 bits per heavy atom. The van der Waals surface area contributed by atoms with Crippen LogP contribution in [0.15, 0.2) is 30.5 Å². The number of aryl methyl sites for hydroxylation is 1. The Bertz CT molecular complexity index is 578. The van der Waals surface area contributed by atoms with Crippen LogP contribution in [0, 0.1) is 0 Å². The van der Waals surface area contributed by atoms with Gasteiger partial charge in [-0.15, -0.1) is 0 Å². The molecule has 0 radical (unpaired) electrons. The van der Waals surface area contributed by atoms with Crippen LogP contribution in [-0.2, 0) is 13.5 Å². The average Bonchev–Trinajstić information content (AvgIpc) is 2.72. The fourth-order valence-electron chi connectivity index (χ4n) is 1.64. The van der Waals surface area contributed by atoms with Gasteiger partial charge in [0.1, 0.15) is 5.15 Å². The Morgan fingerprint density at radius 3 is 2.58 bits per heavy atom. The number of nitrogens with one attached hydrogen (secondary N) is 1. The van der Waals surface area contributed by atoms with Crippen LogP contribution in [0.3, 0.4) is 0 Å². The maximum atomic E-state index is 11.9. The highest BCUT2D eigenvalue weighted by atomic mass is 35.5. The molecule has 19 heavy (non-hydrogen) atoms. The van der Waals surface area contributed by atoms with Crippen molar-refractivity contribution in [3.8, 4) is 0 Å². The van der Waals surface area contributed by atoms with E-state index in [1.807, 2.05) is 24.3 Å². The van der Waals surface area contributed by atoms with Crippen LogP contribution in [0.4, 0.5) is 0 Å². The molecule has 0 aliphatic rings. The molecule has 0 unspecified atom stereocenters. The molecule has 0 saturated carbocycles. The van der Waals surface area contributed by atoms with Crippen molar-refractivity contribution in [1.29, 1.82) is 0 Å². The van der Waals surface area contributed by atoms with Crippen LogP contribution in [0.2, 0.25) is 10.2 Å². The quantitative estimate of drug-likeness (QED) is 0.943. The normalized spacial score (nSPS) is 10.5. The summed E-state index contributed by atoms with van der Waals surface area (Å²) in [5.74, 6) is -0.216.